The van der Waals surface area contributed by atoms with Crippen LogP contribution in [0.15, 0.2) is 206 Å². The SMILES string of the molecule is c1ccc(-c2ccc(N(c3ccc4c(c3)C(c3ccccc3)(c3ccccc3)c3ccccc3-4)c3ccnc4c3sc3c5ccccc5ccc43)cc2)cc1. The molecule has 3 heteroatoms. The van der Waals surface area contributed by atoms with E-state index in [1.165, 1.54) is 70.1 Å². The molecule has 8 aromatic carbocycles. The van der Waals surface area contributed by atoms with Crippen LogP contribution in [-0.2, 0) is 5.41 Å². The van der Waals surface area contributed by atoms with E-state index in [1.54, 1.807) is 0 Å². The Balaban J connectivity index is 1.19. The van der Waals surface area contributed by atoms with E-state index in [2.05, 4.69) is 205 Å². The van der Waals surface area contributed by atoms with Gasteiger partial charge < -0.3 is 4.90 Å². The van der Waals surface area contributed by atoms with Crippen LogP contribution in [0.2, 0.25) is 0 Å². The topological polar surface area (TPSA) is 16.1 Å². The molecule has 0 radical (unpaired) electrons. The summed E-state index contributed by atoms with van der Waals surface area (Å²) in [5.74, 6) is 0. The summed E-state index contributed by atoms with van der Waals surface area (Å²) in [6.45, 7) is 0. The van der Waals surface area contributed by atoms with Gasteiger partial charge >= 0.3 is 0 Å². The summed E-state index contributed by atoms with van der Waals surface area (Å²) in [5.41, 5.74) is 13.9. The van der Waals surface area contributed by atoms with Crippen LogP contribution in [0.5, 0.6) is 0 Å². The minimum absolute atomic E-state index is 0.503. The predicted octanol–water partition coefficient (Wildman–Crippen LogP) is 14.1. The van der Waals surface area contributed by atoms with Crippen LogP contribution in [0.4, 0.5) is 17.1 Å². The van der Waals surface area contributed by atoms with Crippen molar-refractivity contribution in [1.82, 2.24) is 4.98 Å². The average molecular weight is 719 g/mol. The fourth-order valence-corrected chi connectivity index (χ4v) is 10.3. The molecule has 0 atom stereocenters. The van der Waals surface area contributed by atoms with Crippen molar-refractivity contribution in [1.29, 1.82) is 0 Å². The van der Waals surface area contributed by atoms with E-state index in [9.17, 15) is 0 Å². The summed E-state index contributed by atoms with van der Waals surface area (Å²) >= 11 is 1.84. The van der Waals surface area contributed by atoms with E-state index >= 15 is 0 Å². The second-order valence-electron chi connectivity index (χ2n) is 14.3. The number of fused-ring (bicyclic) bond motifs is 8. The van der Waals surface area contributed by atoms with Crippen molar-refractivity contribution < 1.29 is 0 Å². The number of thiophene rings is 1. The van der Waals surface area contributed by atoms with Gasteiger partial charge in [-0.1, -0.05) is 170 Å². The molecule has 0 unspecified atom stereocenters. The number of pyridine rings is 1. The molecule has 2 aromatic heterocycles. The zero-order chi connectivity index (χ0) is 36.3. The van der Waals surface area contributed by atoms with Gasteiger partial charge in [-0.25, -0.2) is 0 Å². The zero-order valence-corrected chi connectivity index (χ0v) is 30.7. The second-order valence-corrected chi connectivity index (χ2v) is 15.3. The molecule has 0 bridgehead atoms. The lowest BCUT2D eigenvalue weighted by Gasteiger charge is -2.35. The first-order valence-corrected chi connectivity index (χ1v) is 19.6. The van der Waals surface area contributed by atoms with Crippen molar-refractivity contribution in [3.63, 3.8) is 0 Å². The Morgan fingerprint density at radius 1 is 0.436 bits per heavy atom. The number of rotatable bonds is 6. The first-order valence-electron chi connectivity index (χ1n) is 18.8. The van der Waals surface area contributed by atoms with Crippen molar-refractivity contribution >= 4 is 59.5 Å². The molecule has 0 aliphatic heterocycles. The van der Waals surface area contributed by atoms with Gasteiger partial charge in [0.05, 0.1) is 21.3 Å². The minimum atomic E-state index is -0.503. The average Bonchev–Trinajstić information content (AvgIpc) is 3.80. The third-order valence-electron chi connectivity index (χ3n) is 11.4. The van der Waals surface area contributed by atoms with Gasteiger partial charge in [0.25, 0.3) is 0 Å². The van der Waals surface area contributed by atoms with Crippen LogP contribution in [-0.4, -0.2) is 4.98 Å². The van der Waals surface area contributed by atoms with Gasteiger partial charge in [0.15, 0.2) is 0 Å². The van der Waals surface area contributed by atoms with Gasteiger partial charge in [0.1, 0.15) is 0 Å². The van der Waals surface area contributed by atoms with Gasteiger partial charge in [0, 0.05) is 27.7 Å². The van der Waals surface area contributed by atoms with E-state index < -0.39 is 5.41 Å². The minimum Gasteiger partial charge on any atom is -0.309 e. The Bertz CT molecular complexity index is 2980. The second kappa shape index (κ2) is 12.7. The highest BCUT2D eigenvalue weighted by Crippen LogP contribution is 2.57. The summed E-state index contributed by atoms with van der Waals surface area (Å²) in [6.07, 6.45) is 1.98. The number of anilines is 3. The lowest BCUT2D eigenvalue weighted by Crippen LogP contribution is -2.28. The maximum Gasteiger partial charge on any atom is 0.0909 e. The molecule has 2 heterocycles. The lowest BCUT2D eigenvalue weighted by atomic mass is 9.67. The molecule has 0 N–H and O–H groups in total. The van der Waals surface area contributed by atoms with Gasteiger partial charge in [-0.2, -0.15) is 0 Å². The fourth-order valence-electron chi connectivity index (χ4n) is 8.98. The van der Waals surface area contributed by atoms with Crippen molar-refractivity contribution in [2.75, 3.05) is 4.90 Å². The van der Waals surface area contributed by atoms with Crippen LogP contribution >= 0.6 is 11.3 Å². The Labute approximate surface area is 324 Å². The third-order valence-corrected chi connectivity index (χ3v) is 12.6. The normalized spacial score (nSPS) is 12.9. The van der Waals surface area contributed by atoms with Crippen molar-refractivity contribution in [3.8, 4) is 22.3 Å². The quantitative estimate of drug-likeness (QED) is 0.170. The van der Waals surface area contributed by atoms with Crippen molar-refractivity contribution in [3.05, 3.63) is 229 Å². The molecule has 0 amide bonds. The number of benzene rings is 8. The standard InChI is InChI=1S/C52H34N2S/c1-4-14-35(15-5-1)36-24-27-40(28-25-36)54(48-32-33-53-49-45-30-26-37-16-10-11-21-42(37)50(45)55-51(48)49)41-29-31-44-43-22-12-13-23-46(43)52(47(44)34-41,38-17-6-2-7-18-38)39-19-8-3-9-20-39/h1-34H. The molecule has 55 heavy (non-hydrogen) atoms. The molecule has 1 aliphatic carbocycles. The summed E-state index contributed by atoms with van der Waals surface area (Å²) in [5, 5.41) is 3.70. The molecule has 1 aliphatic rings. The molecule has 0 spiro atoms. The highest BCUT2D eigenvalue weighted by atomic mass is 32.1. The molecule has 10 aromatic rings. The Morgan fingerprint density at radius 2 is 1.05 bits per heavy atom. The van der Waals surface area contributed by atoms with Crippen LogP contribution < -0.4 is 4.90 Å². The smallest absolute Gasteiger partial charge is 0.0909 e. The van der Waals surface area contributed by atoms with Crippen LogP contribution in [0, 0.1) is 0 Å². The van der Waals surface area contributed by atoms with Crippen LogP contribution in [0.25, 0.3) is 53.3 Å². The van der Waals surface area contributed by atoms with Gasteiger partial charge in [-0.05, 0) is 85.6 Å². The number of hydrogen-bond acceptors (Lipinski definition) is 3. The number of nitrogens with zero attached hydrogens (tertiary/aromatic N) is 2. The maximum atomic E-state index is 5.03. The molecule has 258 valence electrons. The summed E-state index contributed by atoms with van der Waals surface area (Å²) < 4.78 is 2.44. The first kappa shape index (κ1) is 31.7. The maximum absolute atomic E-state index is 5.03. The van der Waals surface area contributed by atoms with E-state index in [-0.39, 0.29) is 0 Å². The molecule has 11 rings (SSSR count). The Hall–Kier alpha value is -6.81. The molecular formula is C52H34N2S. The monoisotopic (exact) mass is 718 g/mol. The Morgan fingerprint density at radius 3 is 1.82 bits per heavy atom. The zero-order valence-electron chi connectivity index (χ0n) is 29.9. The molecule has 0 saturated carbocycles. The molecule has 0 saturated heterocycles. The van der Waals surface area contributed by atoms with Crippen molar-refractivity contribution in [2.45, 2.75) is 5.41 Å². The van der Waals surface area contributed by atoms with Crippen molar-refractivity contribution in [2.24, 2.45) is 0 Å². The fraction of sp³-hybridized carbons (Fsp3) is 0.0192. The van der Waals surface area contributed by atoms with Crippen LogP contribution in [0.3, 0.4) is 0 Å². The summed E-state index contributed by atoms with van der Waals surface area (Å²) in [4.78, 5) is 7.48. The van der Waals surface area contributed by atoms with E-state index in [0.29, 0.717) is 0 Å². The van der Waals surface area contributed by atoms with Gasteiger partial charge in [-0.15, -0.1) is 11.3 Å². The van der Waals surface area contributed by atoms with E-state index in [1.807, 2.05) is 17.5 Å². The first-order chi connectivity index (χ1) is 27.3. The predicted molar refractivity (Wildman–Crippen MR) is 232 cm³/mol. The van der Waals surface area contributed by atoms with E-state index in [4.69, 9.17) is 4.98 Å². The lowest BCUT2D eigenvalue weighted by molar-refractivity contribution is 0.768. The van der Waals surface area contributed by atoms with Gasteiger partial charge in [0.2, 0.25) is 0 Å². The third kappa shape index (κ3) is 4.83. The molecule has 0 fully saturated rings. The highest BCUT2D eigenvalue weighted by Gasteiger charge is 2.46. The van der Waals surface area contributed by atoms with Crippen LogP contribution in [0.1, 0.15) is 22.3 Å². The Kier molecular flexibility index (Phi) is 7.29. The largest absolute Gasteiger partial charge is 0.309 e. The van der Waals surface area contributed by atoms with Gasteiger partial charge in [-0.3, -0.25) is 4.98 Å². The van der Waals surface area contributed by atoms with E-state index in [0.717, 1.165) is 22.6 Å². The number of aromatic nitrogens is 1. The summed E-state index contributed by atoms with van der Waals surface area (Å²) in [6, 6.07) is 73.1. The summed E-state index contributed by atoms with van der Waals surface area (Å²) in [7, 11) is 0. The molecular weight excluding hydrogens is 685 g/mol. The highest BCUT2D eigenvalue weighted by molar-refractivity contribution is 7.27. The molecule has 2 nitrogen and oxygen atoms in total. The number of hydrogen-bond donors (Lipinski definition) is 0.